The molecule has 6 heteroatoms. The summed E-state index contributed by atoms with van der Waals surface area (Å²) in [5.74, 6) is 1.65. The molecule has 0 saturated heterocycles. The third-order valence-corrected chi connectivity index (χ3v) is 7.06. The van der Waals surface area contributed by atoms with Crippen LogP contribution < -0.4 is 14.8 Å². The average Bonchev–Trinajstić information content (AvgIpc) is 3.43. The molecule has 0 fully saturated rings. The fraction of sp³-hybridized carbons (Fsp3) is 0.484. The molecule has 1 unspecified atom stereocenters. The molecule has 2 heterocycles. The first-order valence-corrected chi connectivity index (χ1v) is 13.5. The van der Waals surface area contributed by atoms with Gasteiger partial charge in [-0.25, -0.2) is 0 Å². The van der Waals surface area contributed by atoms with Gasteiger partial charge in [-0.2, -0.15) is 5.10 Å². The summed E-state index contributed by atoms with van der Waals surface area (Å²) in [6.07, 6.45) is 4.69. The molecule has 0 saturated carbocycles. The number of nitrogens with one attached hydrogen (secondary N) is 1. The lowest BCUT2D eigenvalue weighted by molar-refractivity contribution is -0.116. The van der Waals surface area contributed by atoms with Crippen LogP contribution in [0.25, 0.3) is 0 Å². The van der Waals surface area contributed by atoms with E-state index >= 15 is 0 Å². The summed E-state index contributed by atoms with van der Waals surface area (Å²) >= 11 is 0. The van der Waals surface area contributed by atoms with Crippen molar-refractivity contribution in [1.29, 1.82) is 0 Å². The highest BCUT2D eigenvalue weighted by molar-refractivity contribution is 5.92. The van der Waals surface area contributed by atoms with Gasteiger partial charge in [0.1, 0.15) is 0 Å². The normalized spacial score (nSPS) is 13.6. The lowest BCUT2D eigenvalue weighted by atomic mass is 9.85. The molecule has 0 radical (unpaired) electrons. The summed E-state index contributed by atoms with van der Waals surface area (Å²) in [5, 5.41) is 7.89. The number of ether oxygens (including phenoxy) is 2. The first-order valence-electron chi connectivity index (χ1n) is 13.5. The van der Waals surface area contributed by atoms with Crippen LogP contribution in [0.3, 0.4) is 0 Å². The minimum absolute atomic E-state index is 0.0202. The lowest BCUT2D eigenvalue weighted by Gasteiger charge is -2.25. The van der Waals surface area contributed by atoms with Crippen molar-refractivity contribution in [3.8, 4) is 11.5 Å². The number of anilines is 1. The van der Waals surface area contributed by atoms with Gasteiger partial charge in [0.15, 0.2) is 11.5 Å². The number of carbonyl (C=O) groups is 1. The van der Waals surface area contributed by atoms with E-state index in [0.29, 0.717) is 13.0 Å². The van der Waals surface area contributed by atoms with Crippen molar-refractivity contribution >= 4 is 11.6 Å². The molecule has 1 atom stereocenters. The zero-order valence-corrected chi connectivity index (χ0v) is 23.2. The minimum Gasteiger partial charge on any atom is -0.454 e. The van der Waals surface area contributed by atoms with Crippen LogP contribution >= 0.6 is 0 Å². The molecular formula is C31H41N3O3. The van der Waals surface area contributed by atoms with Crippen molar-refractivity contribution in [2.24, 2.45) is 0 Å². The summed E-state index contributed by atoms with van der Waals surface area (Å²) in [6, 6.07) is 14.5. The van der Waals surface area contributed by atoms with Gasteiger partial charge >= 0.3 is 0 Å². The highest BCUT2D eigenvalue weighted by atomic mass is 16.7. The first kappa shape index (κ1) is 26.8. The van der Waals surface area contributed by atoms with E-state index in [1.807, 2.05) is 23.7 Å². The van der Waals surface area contributed by atoms with Gasteiger partial charge in [-0.1, -0.05) is 71.2 Å². The predicted molar refractivity (Wildman–Crippen MR) is 149 cm³/mol. The molecule has 1 aromatic heterocycles. The molecule has 1 aliphatic heterocycles. The standard InChI is InChI=1S/C31H41N3O3/c1-7-8-9-11-24(25-12-10-13-28-30(25)37-20-36-28)18-29(35)32-27-17-23(14-15-26(27)31(4,5)6)19-34-22(3)16-21(2)33-34/h10,12-17,24H,7-9,11,18-20H2,1-6H3,(H,32,35). The molecule has 1 aliphatic rings. The van der Waals surface area contributed by atoms with Gasteiger partial charge in [0.2, 0.25) is 12.7 Å². The smallest absolute Gasteiger partial charge is 0.231 e. The van der Waals surface area contributed by atoms with Crippen LogP contribution in [0.5, 0.6) is 11.5 Å². The minimum atomic E-state index is -0.106. The molecule has 37 heavy (non-hydrogen) atoms. The van der Waals surface area contributed by atoms with Crippen LogP contribution in [0.1, 0.15) is 93.8 Å². The van der Waals surface area contributed by atoms with Gasteiger partial charge in [-0.3, -0.25) is 9.48 Å². The van der Waals surface area contributed by atoms with Crippen molar-refractivity contribution in [1.82, 2.24) is 9.78 Å². The Morgan fingerprint density at radius 3 is 2.62 bits per heavy atom. The van der Waals surface area contributed by atoms with E-state index in [9.17, 15) is 4.79 Å². The van der Waals surface area contributed by atoms with Crippen molar-refractivity contribution in [2.45, 2.75) is 91.5 Å². The molecule has 1 N–H and O–H groups in total. The average molecular weight is 504 g/mol. The van der Waals surface area contributed by atoms with Crippen LogP contribution in [0, 0.1) is 13.8 Å². The Labute approximate surface area is 221 Å². The van der Waals surface area contributed by atoms with Crippen LogP contribution in [-0.4, -0.2) is 22.5 Å². The largest absolute Gasteiger partial charge is 0.454 e. The maximum absolute atomic E-state index is 13.5. The Hall–Kier alpha value is -3.28. The van der Waals surface area contributed by atoms with Crippen LogP contribution in [-0.2, 0) is 16.8 Å². The molecule has 6 nitrogen and oxygen atoms in total. The molecule has 1 amide bonds. The number of benzene rings is 2. The molecule has 0 bridgehead atoms. The summed E-state index contributed by atoms with van der Waals surface area (Å²) in [5.41, 5.74) is 6.20. The lowest BCUT2D eigenvalue weighted by Crippen LogP contribution is -2.21. The molecule has 198 valence electrons. The molecule has 2 aromatic carbocycles. The third-order valence-electron chi connectivity index (χ3n) is 7.06. The van der Waals surface area contributed by atoms with Gasteiger partial charge in [-0.15, -0.1) is 0 Å². The third kappa shape index (κ3) is 6.54. The number of carbonyl (C=O) groups excluding carboxylic acids is 1. The van der Waals surface area contributed by atoms with E-state index in [0.717, 1.165) is 70.9 Å². The van der Waals surface area contributed by atoms with Crippen LogP contribution in [0.2, 0.25) is 0 Å². The van der Waals surface area contributed by atoms with E-state index < -0.39 is 0 Å². The number of nitrogens with zero attached hydrogens (tertiary/aromatic N) is 2. The number of aromatic nitrogens is 2. The Morgan fingerprint density at radius 2 is 1.92 bits per heavy atom. The van der Waals surface area contributed by atoms with E-state index in [2.05, 4.69) is 75.4 Å². The molecule has 0 aliphatic carbocycles. The Balaban J connectivity index is 1.57. The first-order chi connectivity index (χ1) is 17.7. The Bertz CT molecular complexity index is 1240. The molecule has 4 rings (SSSR count). The topological polar surface area (TPSA) is 65.4 Å². The second-order valence-electron chi connectivity index (χ2n) is 11.2. The van der Waals surface area contributed by atoms with Crippen molar-refractivity contribution in [3.63, 3.8) is 0 Å². The number of hydrogen-bond acceptors (Lipinski definition) is 4. The maximum atomic E-state index is 13.5. The summed E-state index contributed by atoms with van der Waals surface area (Å²) in [7, 11) is 0. The zero-order chi connectivity index (χ0) is 26.6. The quantitative estimate of drug-likeness (QED) is 0.296. The molecular weight excluding hydrogens is 462 g/mol. The summed E-state index contributed by atoms with van der Waals surface area (Å²) in [4.78, 5) is 13.5. The maximum Gasteiger partial charge on any atom is 0.231 e. The van der Waals surface area contributed by atoms with Gasteiger partial charge in [0.25, 0.3) is 0 Å². The number of fused-ring (bicyclic) bond motifs is 1. The highest BCUT2D eigenvalue weighted by Gasteiger charge is 2.26. The van der Waals surface area contributed by atoms with Gasteiger partial charge in [0.05, 0.1) is 12.2 Å². The number of amides is 1. The van der Waals surface area contributed by atoms with Crippen molar-refractivity contribution in [2.75, 3.05) is 12.1 Å². The molecule has 3 aromatic rings. The summed E-state index contributed by atoms with van der Waals surface area (Å²) < 4.78 is 13.4. The number of para-hydroxylation sites is 1. The van der Waals surface area contributed by atoms with Gasteiger partial charge in [0, 0.05) is 23.4 Å². The highest BCUT2D eigenvalue weighted by Crippen LogP contribution is 2.42. The monoisotopic (exact) mass is 503 g/mol. The van der Waals surface area contributed by atoms with Crippen molar-refractivity contribution in [3.05, 3.63) is 70.5 Å². The van der Waals surface area contributed by atoms with E-state index in [1.165, 1.54) is 0 Å². The van der Waals surface area contributed by atoms with E-state index in [4.69, 9.17) is 9.47 Å². The predicted octanol–water partition coefficient (Wildman–Crippen LogP) is 7.27. The number of hydrogen-bond donors (Lipinski definition) is 1. The fourth-order valence-corrected chi connectivity index (χ4v) is 5.16. The van der Waals surface area contributed by atoms with Gasteiger partial charge < -0.3 is 14.8 Å². The Morgan fingerprint density at radius 1 is 1.11 bits per heavy atom. The second kappa shape index (κ2) is 11.4. The van der Waals surface area contributed by atoms with E-state index in [1.54, 1.807) is 0 Å². The van der Waals surface area contributed by atoms with Crippen molar-refractivity contribution < 1.29 is 14.3 Å². The van der Waals surface area contributed by atoms with Crippen LogP contribution in [0.4, 0.5) is 5.69 Å². The number of unbranched alkanes of at least 4 members (excludes halogenated alkanes) is 2. The van der Waals surface area contributed by atoms with Gasteiger partial charge in [-0.05, 0) is 60.9 Å². The fourth-order valence-electron chi connectivity index (χ4n) is 5.16. The Kier molecular flexibility index (Phi) is 8.25. The zero-order valence-electron chi connectivity index (χ0n) is 23.2. The number of aryl methyl sites for hydroxylation is 2. The van der Waals surface area contributed by atoms with E-state index in [-0.39, 0.29) is 24.0 Å². The second-order valence-corrected chi connectivity index (χ2v) is 11.2. The SMILES string of the molecule is CCCCCC(CC(=O)Nc1cc(Cn2nc(C)cc2C)ccc1C(C)(C)C)c1cccc2c1OCO2. The number of rotatable bonds is 10. The molecule has 0 spiro atoms. The van der Waals surface area contributed by atoms with Crippen LogP contribution in [0.15, 0.2) is 42.5 Å². The summed E-state index contributed by atoms with van der Waals surface area (Å²) in [6.45, 7) is 13.7.